The van der Waals surface area contributed by atoms with Crippen LogP contribution in [0, 0.1) is 12.8 Å². The summed E-state index contributed by atoms with van der Waals surface area (Å²) < 4.78 is 2.12. The molecule has 0 saturated carbocycles. The van der Waals surface area contributed by atoms with Gasteiger partial charge in [0.15, 0.2) is 0 Å². The summed E-state index contributed by atoms with van der Waals surface area (Å²) in [7, 11) is 0. The molecule has 1 atom stereocenters. The third-order valence-corrected chi connectivity index (χ3v) is 2.03. The molecule has 54 valence electrons. The van der Waals surface area contributed by atoms with Crippen LogP contribution in [0.4, 0.5) is 0 Å². The maximum absolute atomic E-state index is 4.36. The molecule has 0 saturated heterocycles. The van der Waals surface area contributed by atoms with Crippen LogP contribution >= 0.6 is 0 Å². The van der Waals surface area contributed by atoms with Crippen LogP contribution in [0.25, 0.3) is 0 Å². The molecule has 0 amide bonds. The highest BCUT2D eigenvalue weighted by atomic mass is 15.3. The number of aromatic nitrogens is 2. The average Bonchev–Trinajstić information content (AvgIpc) is 2.21. The van der Waals surface area contributed by atoms with Gasteiger partial charge < -0.3 is 0 Å². The van der Waals surface area contributed by atoms with Gasteiger partial charge in [0.05, 0.1) is 5.69 Å². The van der Waals surface area contributed by atoms with Crippen molar-refractivity contribution in [1.82, 2.24) is 9.78 Å². The van der Waals surface area contributed by atoms with Crippen LogP contribution in [0.2, 0.25) is 0 Å². The fourth-order valence-corrected chi connectivity index (χ4v) is 1.64. The van der Waals surface area contributed by atoms with Gasteiger partial charge in [-0.1, -0.05) is 6.92 Å². The van der Waals surface area contributed by atoms with Crippen molar-refractivity contribution in [2.75, 3.05) is 0 Å². The molecule has 0 N–H and O–H groups in total. The van der Waals surface area contributed by atoms with Crippen LogP contribution in [0.1, 0.15) is 18.3 Å². The van der Waals surface area contributed by atoms with Gasteiger partial charge in [0, 0.05) is 12.2 Å². The predicted molar refractivity (Wildman–Crippen MR) is 39.8 cm³/mol. The van der Waals surface area contributed by atoms with E-state index in [4.69, 9.17) is 0 Å². The molecule has 2 heterocycles. The van der Waals surface area contributed by atoms with Crippen molar-refractivity contribution in [1.29, 1.82) is 0 Å². The number of aryl methyl sites for hydroxylation is 1. The van der Waals surface area contributed by atoms with E-state index in [1.165, 1.54) is 12.1 Å². The second kappa shape index (κ2) is 1.84. The Morgan fingerprint density at radius 2 is 2.50 bits per heavy atom. The van der Waals surface area contributed by atoms with Gasteiger partial charge in [-0.2, -0.15) is 5.10 Å². The highest BCUT2D eigenvalue weighted by molar-refractivity contribution is 5.12. The Kier molecular flexibility index (Phi) is 1.10. The minimum Gasteiger partial charge on any atom is -0.269 e. The topological polar surface area (TPSA) is 17.8 Å². The lowest BCUT2D eigenvalue weighted by Gasteiger charge is -1.95. The molecule has 1 aromatic rings. The number of hydrogen-bond acceptors (Lipinski definition) is 1. The molecule has 1 aromatic heterocycles. The second-order valence-corrected chi connectivity index (χ2v) is 3.27. The number of rotatable bonds is 0. The number of hydrogen-bond donors (Lipinski definition) is 0. The van der Waals surface area contributed by atoms with Gasteiger partial charge >= 0.3 is 0 Å². The summed E-state index contributed by atoms with van der Waals surface area (Å²) >= 11 is 0. The largest absolute Gasteiger partial charge is 0.269 e. The number of fused-ring (bicyclic) bond motifs is 1. The first kappa shape index (κ1) is 5.96. The van der Waals surface area contributed by atoms with E-state index in [1.54, 1.807) is 0 Å². The minimum atomic E-state index is 0.795. The van der Waals surface area contributed by atoms with E-state index in [1.807, 2.05) is 0 Å². The molecule has 1 aliphatic rings. The predicted octanol–water partition coefficient (Wildman–Crippen LogP) is 1.38. The van der Waals surface area contributed by atoms with Crippen molar-refractivity contribution in [2.45, 2.75) is 26.8 Å². The summed E-state index contributed by atoms with van der Waals surface area (Å²) in [5, 5.41) is 4.36. The first-order chi connectivity index (χ1) is 4.75. The summed E-state index contributed by atoms with van der Waals surface area (Å²) in [6.07, 6.45) is 1.21. The summed E-state index contributed by atoms with van der Waals surface area (Å²) in [4.78, 5) is 0. The van der Waals surface area contributed by atoms with E-state index in [-0.39, 0.29) is 0 Å². The molecule has 2 nitrogen and oxygen atoms in total. The molecule has 0 bridgehead atoms. The molecular formula is C8H12N2. The zero-order valence-electron chi connectivity index (χ0n) is 6.46. The maximum atomic E-state index is 4.36. The Morgan fingerprint density at radius 1 is 1.70 bits per heavy atom. The van der Waals surface area contributed by atoms with Crippen LogP contribution in [-0.4, -0.2) is 9.78 Å². The molecule has 0 fully saturated rings. The van der Waals surface area contributed by atoms with E-state index in [0.717, 1.165) is 18.2 Å². The van der Waals surface area contributed by atoms with E-state index < -0.39 is 0 Å². The van der Waals surface area contributed by atoms with Crippen molar-refractivity contribution >= 4 is 0 Å². The smallest absolute Gasteiger partial charge is 0.0596 e. The quantitative estimate of drug-likeness (QED) is 0.527. The highest BCUT2D eigenvalue weighted by Gasteiger charge is 2.17. The van der Waals surface area contributed by atoms with Gasteiger partial charge in [-0.15, -0.1) is 0 Å². The summed E-state index contributed by atoms with van der Waals surface area (Å²) in [5.74, 6) is 0.795. The van der Waals surface area contributed by atoms with Crippen LogP contribution in [0.15, 0.2) is 6.07 Å². The van der Waals surface area contributed by atoms with Crippen molar-refractivity contribution in [3.05, 3.63) is 17.5 Å². The summed E-state index contributed by atoms with van der Waals surface area (Å²) in [6.45, 7) is 5.43. The third kappa shape index (κ3) is 0.753. The lowest BCUT2D eigenvalue weighted by molar-refractivity contribution is 0.526. The zero-order chi connectivity index (χ0) is 7.14. The van der Waals surface area contributed by atoms with Gasteiger partial charge in [0.2, 0.25) is 0 Å². The molecule has 0 aliphatic carbocycles. The van der Waals surface area contributed by atoms with Gasteiger partial charge in [0.25, 0.3) is 0 Å². The average molecular weight is 136 g/mol. The molecule has 2 heteroatoms. The lowest BCUT2D eigenvalue weighted by Crippen LogP contribution is -1.99. The Balaban J connectivity index is 2.39. The molecule has 0 radical (unpaired) electrons. The van der Waals surface area contributed by atoms with E-state index in [2.05, 4.69) is 29.7 Å². The lowest BCUT2D eigenvalue weighted by atomic mass is 10.1. The first-order valence-corrected chi connectivity index (χ1v) is 3.79. The van der Waals surface area contributed by atoms with Gasteiger partial charge in [-0.05, 0) is 25.3 Å². The maximum Gasteiger partial charge on any atom is 0.0596 e. The van der Waals surface area contributed by atoms with Gasteiger partial charge in [-0.25, -0.2) is 0 Å². The van der Waals surface area contributed by atoms with E-state index >= 15 is 0 Å². The van der Waals surface area contributed by atoms with Crippen molar-refractivity contribution in [3.63, 3.8) is 0 Å². The Bertz CT molecular complexity index is 226. The first-order valence-electron chi connectivity index (χ1n) is 3.79. The second-order valence-electron chi connectivity index (χ2n) is 3.27. The van der Waals surface area contributed by atoms with Crippen LogP contribution in [-0.2, 0) is 13.0 Å². The Hall–Kier alpha value is -0.790. The molecule has 0 unspecified atom stereocenters. The van der Waals surface area contributed by atoms with Crippen LogP contribution in [0.3, 0.4) is 0 Å². The van der Waals surface area contributed by atoms with E-state index in [0.29, 0.717) is 0 Å². The Labute approximate surface area is 60.9 Å². The Morgan fingerprint density at radius 3 is 3.20 bits per heavy atom. The normalized spacial score (nSPS) is 23.2. The zero-order valence-corrected chi connectivity index (χ0v) is 6.46. The third-order valence-electron chi connectivity index (χ3n) is 2.03. The van der Waals surface area contributed by atoms with Gasteiger partial charge in [0.1, 0.15) is 0 Å². The SMILES string of the molecule is Cc1cc2n(n1)C[C@H](C)C2. The fourth-order valence-electron chi connectivity index (χ4n) is 1.64. The van der Waals surface area contributed by atoms with Crippen LogP contribution in [0.5, 0.6) is 0 Å². The van der Waals surface area contributed by atoms with Crippen molar-refractivity contribution < 1.29 is 0 Å². The fraction of sp³-hybridized carbons (Fsp3) is 0.625. The molecular weight excluding hydrogens is 124 g/mol. The monoisotopic (exact) mass is 136 g/mol. The number of nitrogens with zero attached hydrogens (tertiary/aromatic N) is 2. The highest BCUT2D eigenvalue weighted by Crippen LogP contribution is 2.19. The van der Waals surface area contributed by atoms with Crippen molar-refractivity contribution in [2.24, 2.45) is 5.92 Å². The summed E-state index contributed by atoms with van der Waals surface area (Å²) in [5.41, 5.74) is 2.56. The molecule has 0 aromatic carbocycles. The van der Waals surface area contributed by atoms with Crippen LogP contribution < -0.4 is 0 Å². The molecule has 0 spiro atoms. The van der Waals surface area contributed by atoms with E-state index in [9.17, 15) is 0 Å². The standard InChI is InChI=1S/C8H12N2/c1-6-3-8-4-7(2)9-10(8)5-6/h4,6H,3,5H2,1-2H3/t6-/m1/s1. The molecule has 1 aliphatic heterocycles. The molecule has 10 heavy (non-hydrogen) atoms. The minimum absolute atomic E-state index is 0.795. The van der Waals surface area contributed by atoms with Gasteiger partial charge in [-0.3, -0.25) is 4.68 Å². The molecule has 2 rings (SSSR count). The van der Waals surface area contributed by atoms with Crippen molar-refractivity contribution in [3.8, 4) is 0 Å². The summed E-state index contributed by atoms with van der Waals surface area (Å²) in [6, 6.07) is 2.18.